The highest BCUT2D eigenvalue weighted by Gasteiger charge is 2.55. The molecule has 0 aromatic carbocycles. The second-order valence-electron chi connectivity index (χ2n) is 17.0. The summed E-state index contributed by atoms with van der Waals surface area (Å²) < 4.78 is 31.2. The SMILES string of the molecule is CC(C)(C)[Si](C)(C)OC[C@H]1O[C@@H](n2cnc3c(=O)n4c(nc32)NC(=O)C4)C(O[Si](C)(C)C(C)(C)C)C1O[Si](C)(C)C(C)(C)C. The van der Waals surface area contributed by atoms with E-state index in [1.165, 1.54) is 4.57 Å². The van der Waals surface area contributed by atoms with Gasteiger partial charge in [-0.1, -0.05) is 62.3 Å². The zero-order chi connectivity index (χ0) is 33.4. The molecule has 1 amide bonds. The highest BCUT2D eigenvalue weighted by Crippen LogP contribution is 2.47. The highest BCUT2D eigenvalue weighted by molar-refractivity contribution is 6.75. The first-order valence-electron chi connectivity index (χ1n) is 15.7. The van der Waals surface area contributed by atoms with Gasteiger partial charge in [0.25, 0.3) is 5.56 Å². The van der Waals surface area contributed by atoms with Crippen molar-refractivity contribution in [3.63, 3.8) is 0 Å². The maximum absolute atomic E-state index is 13.3. The second kappa shape index (κ2) is 11.2. The number of nitrogens with one attached hydrogen (secondary N) is 1. The third-order valence-electron chi connectivity index (χ3n) is 10.7. The van der Waals surface area contributed by atoms with E-state index < -0.39 is 49.5 Å². The van der Waals surface area contributed by atoms with Crippen LogP contribution in [0.2, 0.25) is 54.4 Å². The van der Waals surface area contributed by atoms with Crippen LogP contribution in [-0.4, -0.2) is 74.9 Å². The maximum atomic E-state index is 13.3. The Balaban J connectivity index is 1.86. The molecule has 1 saturated heterocycles. The highest BCUT2D eigenvalue weighted by atomic mass is 28.4. The minimum absolute atomic E-state index is 0.0231. The Bertz CT molecular complexity index is 1460. The molecule has 0 spiro atoms. The van der Waals surface area contributed by atoms with Crippen LogP contribution in [0.4, 0.5) is 5.95 Å². The lowest BCUT2D eigenvalue weighted by molar-refractivity contribution is -0.115. The van der Waals surface area contributed by atoms with Gasteiger partial charge in [-0.05, 0) is 54.4 Å². The van der Waals surface area contributed by atoms with Gasteiger partial charge < -0.3 is 18.0 Å². The van der Waals surface area contributed by atoms with Crippen LogP contribution >= 0.6 is 0 Å². The molecule has 2 aliphatic heterocycles. The Labute approximate surface area is 265 Å². The number of ether oxygens (including phenoxy) is 1. The van der Waals surface area contributed by atoms with Gasteiger partial charge in [-0.25, -0.2) is 4.98 Å². The van der Waals surface area contributed by atoms with Gasteiger partial charge in [0.2, 0.25) is 11.9 Å². The number of rotatable bonds is 8. The molecule has 2 aromatic heterocycles. The summed E-state index contributed by atoms with van der Waals surface area (Å²) in [4.78, 5) is 34.6. The van der Waals surface area contributed by atoms with Crippen molar-refractivity contribution in [3.05, 3.63) is 16.7 Å². The Morgan fingerprint density at radius 1 is 0.864 bits per heavy atom. The van der Waals surface area contributed by atoms with Crippen LogP contribution in [0.5, 0.6) is 0 Å². The largest absolute Gasteiger partial charge is 0.414 e. The van der Waals surface area contributed by atoms with Crippen molar-refractivity contribution in [1.82, 2.24) is 19.1 Å². The van der Waals surface area contributed by atoms with E-state index in [9.17, 15) is 9.59 Å². The molecule has 2 unspecified atom stereocenters. The number of amides is 1. The Hall–Kier alpha value is -1.69. The topological polar surface area (TPSA) is 119 Å². The fraction of sp³-hybridized carbons (Fsp3) is 0.800. The fourth-order valence-corrected chi connectivity index (χ4v) is 8.23. The van der Waals surface area contributed by atoms with Gasteiger partial charge in [0.15, 0.2) is 42.3 Å². The summed E-state index contributed by atoms with van der Waals surface area (Å²) in [6.45, 7) is 33.7. The lowest BCUT2D eigenvalue weighted by Crippen LogP contribution is -2.54. The summed E-state index contributed by atoms with van der Waals surface area (Å²) in [6, 6.07) is 0. The molecule has 1 N–H and O–H groups in total. The van der Waals surface area contributed by atoms with Crippen LogP contribution in [-0.2, 0) is 29.4 Å². The molecule has 14 heteroatoms. The van der Waals surface area contributed by atoms with E-state index in [1.807, 2.05) is 0 Å². The molecule has 0 aliphatic carbocycles. The average Bonchev–Trinajstić information content (AvgIpc) is 3.51. The minimum atomic E-state index is -2.36. The number of nitrogens with zero attached hydrogens (tertiary/aromatic N) is 4. The quantitative estimate of drug-likeness (QED) is 0.329. The van der Waals surface area contributed by atoms with Crippen molar-refractivity contribution in [2.24, 2.45) is 0 Å². The number of hydrogen-bond donors (Lipinski definition) is 1. The molecule has 0 bridgehead atoms. The summed E-state index contributed by atoms with van der Waals surface area (Å²) in [5.41, 5.74) is 0.158. The molecule has 4 atom stereocenters. The predicted octanol–water partition coefficient (Wildman–Crippen LogP) is 6.25. The molecule has 248 valence electrons. The van der Waals surface area contributed by atoms with E-state index in [1.54, 1.807) is 10.9 Å². The van der Waals surface area contributed by atoms with Crippen LogP contribution in [0.15, 0.2) is 11.1 Å². The molecular formula is C30H55N5O6Si3. The van der Waals surface area contributed by atoms with E-state index in [-0.39, 0.29) is 44.6 Å². The first-order valence-corrected chi connectivity index (χ1v) is 24.4. The summed E-state index contributed by atoms with van der Waals surface area (Å²) in [7, 11) is -6.81. The Morgan fingerprint density at radius 3 is 1.91 bits per heavy atom. The average molecular weight is 666 g/mol. The molecule has 44 heavy (non-hydrogen) atoms. The van der Waals surface area contributed by atoms with Crippen molar-refractivity contribution >= 4 is 48.0 Å². The normalized spacial score (nSPS) is 23.8. The zero-order valence-corrected chi connectivity index (χ0v) is 32.5. The molecule has 4 heterocycles. The van der Waals surface area contributed by atoms with Crippen molar-refractivity contribution < 1.29 is 22.8 Å². The molecule has 1 fully saturated rings. The number of imidazole rings is 1. The van der Waals surface area contributed by atoms with Crippen LogP contribution in [0.1, 0.15) is 68.5 Å². The van der Waals surface area contributed by atoms with Gasteiger partial charge in [0.1, 0.15) is 24.9 Å². The van der Waals surface area contributed by atoms with E-state index in [0.717, 1.165) is 0 Å². The lowest BCUT2D eigenvalue weighted by atomic mass is 10.1. The summed E-state index contributed by atoms with van der Waals surface area (Å²) in [5.74, 6) is -0.0725. The minimum Gasteiger partial charge on any atom is -0.414 e. The van der Waals surface area contributed by atoms with Crippen LogP contribution in [0.3, 0.4) is 0 Å². The molecule has 2 aliphatic rings. The first kappa shape index (κ1) is 35.2. The van der Waals surface area contributed by atoms with Crippen molar-refractivity contribution in [2.75, 3.05) is 11.9 Å². The van der Waals surface area contributed by atoms with E-state index >= 15 is 0 Å². The maximum Gasteiger partial charge on any atom is 0.283 e. The van der Waals surface area contributed by atoms with Crippen molar-refractivity contribution in [1.29, 1.82) is 0 Å². The second-order valence-corrected chi connectivity index (χ2v) is 31.3. The van der Waals surface area contributed by atoms with Gasteiger partial charge in [0, 0.05) is 0 Å². The van der Waals surface area contributed by atoms with Gasteiger partial charge >= 0.3 is 0 Å². The van der Waals surface area contributed by atoms with Crippen molar-refractivity contribution in [2.45, 2.75) is 148 Å². The first-order chi connectivity index (χ1) is 19.8. The number of anilines is 1. The molecule has 4 rings (SSSR count). The van der Waals surface area contributed by atoms with Gasteiger partial charge in [-0.2, -0.15) is 4.98 Å². The lowest BCUT2D eigenvalue weighted by Gasteiger charge is -2.44. The van der Waals surface area contributed by atoms with Crippen molar-refractivity contribution in [3.8, 4) is 0 Å². The molecule has 0 radical (unpaired) electrons. The smallest absolute Gasteiger partial charge is 0.283 e. The van der Waals surface area contributed by atoms with Gasteiger partial charge in [-0.3, -0.25) is 24.0 Å². The number of carbonyl (C=O) groups excluding carboxylic acids is 1. The number of hydrogen-bond acceptors (Lipinski definition) is 8. The summed E-state index contributed by atoms with van der Waals surface area (Å²) in [6.07, 6.45) is -0.436. The molecule has 0 saturated carbocycles. The van der Waals surface area contributed by atoms with Gasteiger partial charge in [-0.15, -0.1) is 0 Å². The Morgan fingerprint density at radius 2 is 1.39 bits per heavy atom. The monoisotopic (exact) mass is 665 g/mol. The standard InChI is InChI=1S/C30H55N5O6Si3/c1-28(2,3)42(10,11)38-17-19-22(40-43(12,13)29(4,5)6)23(41-44(14,15)30(7,8)9)26(39-19)35-18-31-21-24(35)33-27-32-20(36)16-34(27)25(21)37/h18-19,22-23,26H,16-17H2,1-15H3,(H,32,33,36)/t19-,22?,23?,26-/m1/s1. The van der Waals surface area contributed by atoms with E-state index in [0.29, 0.717) is 12.3 Å². The third-order valence-corrected chi connectivity index (χ3v) is 24.1. The van der Waals surface area contributed by atoms with Gasteiger partial charge in [0.05, 0.1) is 12.9 Å². The number of fused-ring (bicyclic) bond motifs is 2. The Kier molecular flexibility index (Phi) is 8.98. The number of carbonyl (C=O) groups is 1. The summed E-state index contributed by atoms with van der Waals surface area (Å²) >= 11 is 0. The van der Waals surface area contributed by atoms with Crippen LogP contribution < -0.4 is 10.9 Å². The molecule has 11 nitrogen and oxygen atoms in total. The zero-order valence-electron chi connectivity index (χ0n) is 29.5. The fourth-order valence-electron chi connectivity index (χ4n) is 4.61. The summed E-state index contributed by atoms with van der Waals surface area (Å²) in [5, 5.41) is 2.60. The number of aromatic nitrogens is 4. The van der Waals surface area contributed by atoms with Crippen LogP contribution in [0.25, 0.3) is 11.2 Å². The third kappa shape index (κ3) is 6.45. The molecule has 2 aromatic rings. The predicted molar refractivity (Wildman–Crippen MR) is 182 cm³/mol. The van der Waals surface area contributed by atoms with E-state index in [2.05, 4.69) is 117 Å². The van der Waals surface area contributed by atoms with Crippen LogP contribution in [0, 0.1) is 0 Å². The van der Waals surface area contributed by atoms with E-state index in [4.69, 9.17) is 18.0 Å². The molecular weight excluding hydrogens is 611 g/mol.